The largest absolute Gasteiger partial charge is 0.467 e. The number of esters is 1. The van der Waals surface area contributed by atoms with Crippen LogP contribution in [0.2, 0.25) is 5.02 Å². The monoisotopic (exact) mass is 425 g/mol. The number of carbonyl (C=O) groups excluding carboxylic acids is 2. The Kier molecular flexibility index (Phi) is 7.19. The van der Waals surface area contributed by atoms with Crippen LogP contribution < -0.4 is 5.32 Å². The van der Waals surface area contributed by atoms with E-state index < -0.39 is 41.3 Å². The Morgan fingerprint density at radius 3 is 2.03 bits per heavy atom. The average molecular weight is 426 g/mol. The summed E-state index contributed by atoms with van der Waals surface area (Å²) in [6.45, 7) is 5.00. The van der Waals surface area contributed by atoms with E-state index in [-0.39, 0.29) is 5.56 Å². The lowest BCUT2D eigenvalue weighted by Crippen LogP contribution is -2.47. The molecule has 1 amide bonds. The van der Waals surface area contributed by atoms with E-state index in [1.165, 1.54) is 0 Å². The first kappa shape index (κ1) is 22.6. The van der Waals surface area contributed by atoms with Gasteiger partial charge in [-0.2, -0.15) is 0 Å². The average Bonchev–Trinajstić information content (AvgIpc) is 2.59. The van der Waals surface area contributed by atoms with Crippen LogP contribution in [0.3, 0.4) is 0 Å². The molecule has 0 heterocycles. The third kappa shape index (κ3) is 6.42. The van der Waals surface area contributed by atoms with E-state index in [0.717, 1.165) is 25.3 Å². The first-order valence-corrected chi connectivity index (χ1v) is 9.17. The molecule has 29 heavy (non-hydrogen) atoms. The Labute approximate surface area is 173 Å². The van der Waals surface area contributed by atoms with Crippen molar-refractivity contribution in [2.24, 2.45) is 0 Å². The molecule has 2 atom stereocenters. The standard InChI is InChI=1S/C21H22ClF2NO4/c1-21(2,3)29-20(27)25-18(19(26)28-4)17(12-5-7-14(22)8-6-12)13-9-15(23)11-16(24)10-13/h5-11,17-18H,1-4H3,(H,25,27)/t17-,18+/m1/s1. The fourth-order valence-electron chi connectivity index (χ4n) is 2.84. The highest BCUT2D eigenvalue weighted by Crippen LogP contribution is 2.31. The Morgan fingerprint density at radius 1 is 1.00 bits per heavy atom. The van der Waals surface area contributed by atoms with Crippen molar-refractivity contribution < 1.29 is 27.8 Å². The zero-order chi connectivity index (χ0) is 21.8. The minimum absolute atomic E-state index is 0.135. The Morgan fingerprint density at radius 2 is 1.55 bits per heavy atom. The Hall–Kier alpha value is -2.67. The zero-order valence-electron chi connectivity index (χ0n) is 16.5. The minimum atomic E-state index is -1.31. The molecule has 0 unspecified atom stereocenters. The van der Waals surface area contributed by atoms with E-state index in [2.05, 4.69) is 5.32 Å². The third-order valence-corrected chi connectivity index (χ3v) is 4.19. The predicted octanol–water partition coefficient (Wildman–Crippen LogP) is 4.82. The van der Waals surface area contributed by atoms with Crippen LogP contribution in [0.1, 0.15) is 37.8 Å². The summed E-state index contributed by atoms with van der Waals surface area (Å²) in [6.07, 6.45) is -0.872. The molecule has 0 radical (unpaired) electrons. The first-order valence-electron chi connectivity index (χ1n) is 8.79. The van der Waals surface area contributed by atoms with E-state index in [1.54, 1.807) is 45.0 Å². The topological polar surface area (TPSA) is 64.6 Å². The third-order valence-electron chi connectivity index (χ3n) is 3.93. The van der Waals surface area contributed by atoms with Gasteiger partial charge in [-0.1, -0.05) is 23.7 Å². The van der Waals surface area contributed by atoms with Crippen LogP contribution in [-0.2, 0) is 14.3 Å². The number of rotatable bonds is 5. The molecule has 156 valence electrons. The van der Waals surface area contributed by atoms with Crippen molar-refractivity contribution in [1.82, 2.24) is 5.32 Å². The van der Waals surface area contributed by atoms with Gasteiger partial charge in [0.15, 0.2) is 0 Å². The van der Waals surface area contributed by atoms with Gasteiger partial charge in [-0.3, -0.25) is 0 Å². The molecule has 0 saturated carbocycles. The maximum absolute atomic E-state index is 13.9. The van der Waals surface area contributed by atoms with Crippen molar-refractivity contribution in [3.63, 3.8) is 0 Å². The van der Waals surface area contributed by atoms with Crippen LogP contribution >= 0.6 is 11.6 Å². The van der Waals surface area contributed by atoms with Crippen molar-refractivity contribution in [3.8, 4) is 0 Å². The van der Waals surface area contributed by atoms with Gasteiger partial charge in [-0.05, 0) is 56.2 Å². The highest BCUT2D eigenvalue weighted by atomic mass is 35.5. The van der Waals surface area contributed by atoms with Crippen molar-refractivity contribution in [2.45, 2.75) is 38.3 Å². The van der Waals surface area contributed by atoms with Gasteiger partial charge in [0.25, 0.3) is 0 Å². The van der Waals surface area contributed by atoms with Crippen LogP contribution in [0.25, 0.3) is 0 Å². The van der Waals surface area contributed by atoms with Crippen LogP contribution in [0.5, 0.6) is 0 Å². The highest BCUT2D eigenvalue weighted by Gasteiger charge is 2.35. The number of hydrogen-bond acceptors (Lipinski definition) is 4. The molecule has 0 spiro atoms. The summed E-state index contributed by atoms with van der Waals surface area (Å²) < 4.78 is 37.9. The lowest BCUT2D eigenvalue weighted by Gasteiger charge is -2.28. The molecule has 0 saturated heterocycles. The summed E-state index contributed by atoms with van der Waals surface area (Å²) in [5.41, 5.74) is -0.187. The quantitative estimate of drug-likeness (QED) is 0.698. The van der Waals surface area contributed by atoms with E-state index in [1.807, 2.05) is 0 Å². The molecule has 2 aromatic rings. The Bertz CT molecular complexity index is 861. The van der Waals surface area contributed by atoms with Gasteiger partial charge in [0.2, 0.25) is 0 Å². The molecule has 1 N–H and O–H groups in total. The first-order chi connectivity index (χ1) is 13.5. The molecule has 0 aliphatic heterocycles. The van der Waals surface area contributed by atoms with Crippen molar-refractivity contribution in [2.75, 3.05) is 7.11 Å². The summed E-state index contributed by atoms with van der Waals surface area (Å²) in [6, 6.07) is 7.94. The fraction of sp³-hybridized carbons (Fsp3) is 0.333. The normalized spacial score (nSPS) is 13.3. The molecule has 2 rings (SSSR count). The SMILES string of the molecule is COC(=O)[C@@H](NC(=O)OC(C)(C)C)[C@H](c1ccc(Cl)cc1)c1cc(F)cc(F)c1. The molecule has 0 bridgehead atoms. The highest BCUT2D eigenvalue weighted by molar-refractivity contribution is 6.30. The van der Waals surface area contributed by atoms with E-state index in [0.29, 0.717) is 10.6 Å². The van der Waals surface area contributed by atoms with Crippen molar-refractivity contribution in [3.05, 3.63) is 70.2 Å². The number of halogens is 3. The van der Waals surface area contributed by atoms with E-state index in [9.17, 15) is 18.4 Å². The van der Waals surface area contributed by atoms with Crippen LogP contribution in [-0.4, -0.2) is 30.8 Å². The van der Waals surface area contributed by atoms with Crippen LogP contribution in [0.15, 0.2) is 42.5 Å². The second-order valence-corrected chi connectivity index (χ2v) is 7.82. The maximum Gasteiger partial charge on any atom is 0.408 e. The molecule has 0 aliphatic rings. The van der Waals surface area contributed by atoms with Gasteiger partial charge in [0, 0.05) is 17.0 Å². The summed E-state index contributed by atoms with van der Waals surface area (Å²) in [5.74, 6) is -3.40. The number of carbonyl (C=O) groups is 2. The van der Waals surface area contributed by atoms with Crippen LogP contribution in [0.4, 0.5) is 13.6 Å². The van der Waals surface area contributed by atoms with Gasteiger partial charge >= 0.3 is 12.1 Å². The van der Waals surface area contributed by atoms with Crippen molar-refractivity contribution in [1.29, 1.82) is 0 Å². The number of ether oxygens (including phenoxy) is 2. The lowest BCUT2D eigenvalue weighted by molar-refractivity contribution is -0.143. The van der Waals surface area contributed by atoms with Gasteiger partial charge in [0.05, 0.1) is 7.11 Å². The zero-order valence-corrected chi connectivity index (χ0v) is 17.2. The second-order valence-electron chi connectivity index (χ2n) is 7.38. The number of methoxy groups -OCH3 is 1. The summed E-state index contributed by atoms with van der Waals surface area (Å²) in [4.78, 5) is 24.9. The molecular weight excluding hydrogens is 404 g/mol. The molecule has 8 heteroatoms. The molecule has 0 aliphatic carbocycles. The number of hydrogen-bond donors (Lipinski definition) is 1. The number of amides is 1. The number of nitrogens with one attached hydrogen (secondary N) is 1. The van der Waals surface area contributed by atoms with Gasteiger partial charge in [0.1, 0.15) is 23.3 Å². The molecule has 5 nitrogen and oxygen atoms in total. The van der Waals surface area contributed by atoms with Gasteiger partial charge < -0.3 is 14.8 Å². The van der Waals surface area contributed by atoms with Crippen LogP contribution in [0, 0.1) is 11.6 Å². The smallest absolute Gasteiger partial charge is 0.408 e. The molecular formula is C21H22ClF2NO4. The number of alkyl carbamates (subject to hydrolysis) is 1. The number of benzene rings is 2. The van der Waals surface area contributed by atoms with E-state index in [4.69, 9.17) is 21.1 Å². The van der Waals surface area contributed by atoms with E-state index >= 15 is 0 Å². The molecule has 0 fully saturated rings. The summed E-state index contributed by atoms with van der Waals surface area (Å²) in [5, 5.41) is 2.90. The predicted molar refractivity (Wildman–Crippen MR) is 105 cm³/mol. The maximum atomic E-state index is 13.9. The van der Waals surface area contributed by atoms with Gasteiger partial charge in [-0.25, -0.2) is 18.4 Å². The Balaban J connectivity index is 2.55. The summed E-state index contributed by atoms with van der Waals surface area (Å²) in [7, 11) is 1.15. The fourth-order valence-corrected chi connectivity index (χ4v) is 2.97. The lowest BCUT2D eigenvalue weighted by atomic mass is 9.84. The summed E-state index contributed by atoms with van der Waals surface area (Å²) >= 11 is 5.94. The van der Waals surface area contributed by atoms with Gasteiger partial charge in [-0.15, -0.1) is 0 Å². The van der Waals surface area contributed by atoms with Crippen molar-refractivity contribution >= 4 is 23.7 Å². The second kappa shape index (κ2) is 9.22. The molecule has 0 aromatic heterocycles. The molecule has 2 aromatic carbocycles. The minimum Gasteiger partial charge on any atom is -0.467 e.